The summed E-state index contributed by atoms with van der Waals surface area (Å²) in [7, 11) is -0.509. The molecule has 0 radical (unpaired) electrons. The number of rotatable bonds is 17. The minimum absolute atomic E-state index is 0.0302. The lowest BCUT2D eigenvalue weighted by Crippen LogP contribution is -2.60. The van der Waals surface area contributed by atoms with E-state index in [1.807, 2.05) is 25.1 Å². The van der Waals surface area contributed by atoms with Crippen LogP contribution in [0.2, 0.25) is 0 Å². The number of hydrogen-bond donors (Lipinski definition) is 8. The van der Waals surface area contributed by atoms with Crippen molar-refractivity contribution >= 4 is 68.7 Å². The molecular formula is C30H44N6O9S2. The smallest absolute Gasteiger partial charge is 0.326 e. The standard InChI is InChI=1S/C30H44N6O9S2/c1-16(2)13-21(30(42)43)34-27(39)17(3)32-29(41)26(18(4)37)35-28(40)22(15-46)33-25(38)14-31-47(44,45)24-12-8-9-19-20(24)10-7-11-23(19)36(5)6/h7-12,16-18,21-22,26,31,37,46H,13-15H2,1-6H3,(H,32,41)(H,33,38)(H,34,39)(H,35,40)(H,42,43)/t17-,18+,21-,22-,26-/m0/s1. The Labute approximate surface area is 279 Å². The molecule has 4 amide bonds. The minimum atomic E-state index is -4.17. The number of nitrogens with one attached hydrogen (secondary N) is 5. The zero-order valence-electron chi connectivity index (χ0n) is 27.1. The number of fused-ring (bicyclic) bond motifs is 1. The molecule has 17 heteroatoms. The van der Waals surface area contributed by atoms with Gasteiger partial charge in [0.05, 0.1) is 17.5 Å². The first kappa shape index (κ1) is 39.2. The Morgan fingerprint density at radius 2 is 1.45 bits per heavy atom. The first-order valence-electron chi connectivity index (χ1n) is 14.8. The topological polar surface area (TPSA) is 223 Å². The lowest BCUT2D eigenvalue weighted by molar-refractivity contribution is -0.142. The maximum absolute atomic E-state index is 13.2. The van der Waals surface area contributed by atoms with Crippen LogP contribution in [0.4, 0.5) is 5.69 Å². The van der Waals surface area contributed by atoms with E-state index in [2.05, 4.69) is 38.6 Å². The number of carboxylic acids is 1. The van der Waals surface area contributed by atoms with E-state index in [0.717, 1.165) is 5.69 Å². The summed E-state index contributed by atoms with van der Waals surface area (Å²) in [5.41, 5.74) is 0.801. The molecule has 2 rings (SSSR count). The summed E-state index contributed by atoms with van der Waals surface area (Å²) in [6, 6.07) is 4.69. The van der Waals surface area contributed by atoms with Crippen LogP contribution in [0.15, 0.2) is 41.3 Å². The van der Waals surface area contributed by atoms with Gasteiger partial charge in [-0.15, -0.1) is 0 Å². The largest absolute Gasteiger partial charge is 0.480 e. The second kappa shape index (κ2) is 17.3. The van der Waals surface area contributed by atoms with Crippen molar-refractivity contribution in [1.29, 1.82) is 0 Å². The molecule has 260 valence electrons. The zero-order valence-corrected chi connectivity index (χ0v) is 28.8. The number of aliphatic hydroxyl groups excluding tert-OH is 1. The molecule has 0 bridgehead atoms. The third-order valence-corrected chi connectivity index (χ3v) is 8.85. The Bertz CT molecular complexity index is 1570. The van der Waals surface area contributed by atoms with Crippen molar-refractivity contribution in [2.24, 2.45) is 5.92 Å². The highest BCUT2D eigenvalue weighted by molar-refractivity contribution is 7.89. The number of aliphatic carboxylic acids is 1. The van der Waals surface area contributed by atoms with Gasteiger partial charge in [0.1, 0.15) is 24.2 Å². The maximum Gasteiger partial charge on any atom is 0.326 e. The van der Waals surface area contributed by atoms with Crippen molar-refractivity contribution in [3.05, 3.63) is 36.4 Å². The molecule has 0 heterocycles. The quantitative estimate of drug-likeness (QED) is 0.0999. The van der Waals surface area contributed by atoms with Gasteiger partial charge >= 0.3 is 5.97 Å². The van der Waals surface area contributed by atoms with Crippen LogP contribution < -0.4 is 30.9 Å². The van der Waals surface area contributed by atoms with Crippen molar-refractivity contribution in [2.45, 2.75) is 69.3 Å². The van der Waals surface area contributed by atoms with Crippen molar-refractivity contribution < 1.29 is 42.6 Å². The monoisotopic (exact) mass is 696 g/mol. The lowest BCUT2D eigenvalue weighted by atomic mass is 10.0. The normalized spacial score (nSPS) is 14.7. The van der Waals surface area contributed by atoms with E-state index in [4.69, 9.17) is 0 Å². The Morgan fingerprint density at radius 3 is 2.00 bits per heavy atom. The van der Waals surface area contributed by atoms with Crippen LogP contribution in [0.1, 0.15) is 34.1 Å². The van der Waals surface area contributed by atoms with Crippen molar-refractivity contribution in [3.63, 3.8) is 0 Å². The van der Waals surface area contributed by atoms with Gasteiger partial charge in [-0.2, -0.15) is 12.6 Å². The summed E-state index contributed by atoms with van der Waals surface area (Å²) in [5, 5.41) is 30.0. The number of aliphatic hydroxyl groups is 1. The molecule has 0 aliphatic carbocycles. The van der Waals surface area contributed by atoms with Gasteiger partial charge in [0.2, 0.25) is 33.7 Å². The molecule has 2 aromatic carbocycles. The molecule has 0 fully saturated rings. The summed E-state index contributed by atoms with van der Waals surface area (Å²) in [5.74, 6) is -5.03. The van der Waals surface area contributed by atoms with E-state index in [9.17, 15) is 42.6 Å². The van der Waals surface area contributed by atoms with Gasteiger partial charge in [0, 0.05) is 36.3 Å². The molecule has 15 nitrogen and oxygen atoms in total. The van der Waals surface area contributed by atoms with Crippen LogP contribution in [-0.4, -0.2) is 105 Å². The molecule has 0 aliphatic heterocycles. The molecule has 0 saturated carbocycles. The number of carbonyl (C=O) groups excluding carboxylic acids is 4. The highest BCUT2D eigenvalue weighted by Crippen LogP contribution is 2.30. The number of nitrogens with zero attached hydrogens (tertiary/aromatic N) is 1. The Morgan fingerprint density at radius 1 is 0.830 bits per heavy atom. The van der Waals surface area contributed by atoms with Crippen LogP contribution in [-0.2, 0) is 34.0 Å². The Balaban J connectivity index is 2.05. The number of carboxylic acid groups (broad SMARTS) is 1. The van der Waals surface area contributed by atoms with Gasteiger partial charge in [-0.25, -0.2) is 17.9 Å². The van der Waals surface area contributed by atoms with E-state index in [1.165, 1.54) is 19.9 Å². The number of thiol groups is 1. The van der Waals surface area contributed by atoms with Gasteiger partial charge in [0.25, 0.3) is 0 Å². The zero-order chi connectivity index (χ0) is 35.6. The predicted octanol–water partition coefficient (Wildman–Crippen LogP) is -0.415. The molecule has 5 atom stereocenters. The summed E-state index contributed by atoms with van der Waals surface area (Å²) >= 11 is 4.08. The number of benzene rings is 2. The van der Waals surface area contributed by atoms with Crippen LogP contribution in [0.5, 0.6) is 0 Å². The lowest BCUT2D eigenvalue weighted by Gasteiger charge is -2.26. The van der Waals surface area contributed by atoms with Crippen LogP contribution in [0, 0.1) is 5.92 Å². The van der Waals surface area contributed by atoms with E-state index in [1.54, 1.807) is 38.1 Å². The summed E-state index contributed by atoms with van der Waals surface area (Å²) in [6.07, 6.45) is -1.29. The number of hydrogen-bond acceptors (Lipinski definition) is 10. The Hall–Kier alpha value is -3.93. The van der Waals surface area contributed by atoms with Gasteiger partial charge in [-0.3, -0.25) is 19.2 Å². The second-order valence-corrected chi connectivity index (χ2v) is 13.7. The molecule has 2 aromatic rings. The number of sulfonamides is 1. The SMILES string of the molecule is CC(C)C[C@H](NC(=O)[C@H](C)NC(=O)[C@@H](NC(=O)[C@H](CS)NC(=O)CNS(=O)(=O)c1cccc2c(N(C)C)cccc12)[C@@H](C)O)C(=O)O. The summed E-state index contributed by atoms with van der Waals surface area (Å²) in [4.78, 5) is 64.4. The van der Waals surface area contributed by atoms with Crippen LogP contribution >= 0.6 is 12.6 Å². The van der Waals surface area contributed by atoms with Gasteiger partial charge in [-0.1, -0.05) is 38.1 Å². The first-order chi connectivity index (χ1) is 21.9. The number of anilines is 1. The fraction of sp³-hybridized carbons (Fsp3) is 0.500. The fourth-order valence-corrected chi connectivity index (χ4v) is 6.04. The van der Waals surface area contributed by atoms with E-state index < -0.39 is 76.4 Å². The van der Waals surface area contributed by atoms with Gasteiger partial charge < -0.3 is 36.4 Å². The average Bonchev–Trinajstić information content (AvgIpc) is 2.99. The molecule has 47 heavy (non-hydrogen) atoms. The first-order valence-corrected chi connectivity index (χ1v) is 16.9. The number of amides is 4. The molecule has 0 unspecified atom stereocenters. The van der Waals surface area contributed by atoms with Crippen molar-refractivity contribution in [2.75, 3.05) is 31.3 Å². The predicted molar refractivity (Wildman–Crippen MR) is 179 cm³/mol. The van der Waals surface area contributed by atoms with E-state index in [0.29, 0.717) is 10.8 Å². The van der Waals surface area contributed by atoms with Crippen molar-refractivity contribution in [1.82, 2.24) is 26.0 Å². The molecule has 0 aromatic heterocycles. The second-order valence-electron chi connectivity index (χ2n) is 11.6. The third-order valence-electron chi connectivity index (χ3n) is 7.02. The van der Waals surface area contributed by atoms with E-state index >= 15 is 0 Å². The van der Waals surface area contributed by atoms with E-state index in [-0.39, 0.29) is 23.0 Å². The molecule has 0 spiro atoms. The fourth-order valence-electron chi connectivity index (χ4n) is 4.58. The average molecular weight is 697 g/mol. The maximum atomic E-state index is 13.2. The summed E-state index contributed by atoms with van der Waals surface area (Å²) in [6.45, 7) is 5.38. The number of carbonyl (C=O) groups is 5. The van der Waals surface area contributed by atoms with Crippen LogP contribution in [0.25, 0.3) is 10.8 Å². The summed E-state index contributed by atoms with van der Waals surface area (Å²) < 4.78 is 28.6. The van der Waals surface area contributed by atoms with Gasteiger partial charge in [0.15, 0.2) is 0 Å². The highest BCUT2D eigenvalue weighted by atomic mass is 32.2. The van der Waals surface area contributed by atoms with Crippen molar-refractivity contribution in [3.8, 4) is 0 Å². The van der Waals surface area contributed by atoms with Crippen LogP contribution in [0.3, 0.4) is 0 Å². The molecular weight excluding hydrogens is 652 g/mol. The third kappa shape index (κ3) is 11.1. The molecule has 0 saturated heterocycles. The highest BCUT2D eigenvalue weighted by Gasteiger charge is 2.32. The molecule has 7 N–H and O–H groups in total. The minimum Gasteiger partial charge on any atom is -0.480 e. The molecule has 0 aliphatic rings. The van der Waals surface area contributed by atoms with Gasteiger partial charge in [-0.05, 0) is 38.3 Å². The Kier molecular flexibility index (Phi) is 14.4.